The molecule has 1 amide bonds. The third-order valence-corrected chi connectivity index (χ3v) is 10.8. The van der Waals surface area contributed by atoms with Crippen LogP contribution in [0.3, 0.4) is 0 Å². The summed E-state index contributed by atoms with van der Waals surface area (Å²) < 4.78 is 42.1. The highest BCUT2D eigenvalue weighted by molar-refractivity contribution is 8.06. The van der Waals surface area contributed by atoms with Crippen LogP contribution < -0.4 is 10.2 Å². The number of rotatable bonds is 11. The third-order valence-electron chi connectivity index (χ3n) is 8.77. The molecule has 0 radical (unpaired) electrons. The summed E-state index contributed by atoms with van der Waals surface area (Å²) in [6.07, 6.45) is 3.54. The number of anilines is 2. The molecule has 4 atom stereocenters. The lowest BCUT2D eigenvalue weighted by molar-refractivity contribution is -0.145. The summed E-state index contributed by atoms with van der Waals surface area (Å²) in [6, 6.07) is 12.9. The quantitative estimate of drug-likeness (QED) is 0.214. The first-order valence-electron chi connectivity index (χ1n) is 15.1. The first-order valence-corrected chi connectivity index (χ1v) is 17.5. The summed E-state index contributed by atoms with van der Waals surface area (Å²) >= 11 is 13.0. The van der Waals surface area contributed by atoms with Gasteiger partial charge in [-0.15, -0.1) is 0 Å². The number of benzene rings is 2. The van der Waals surface area contributed by atoms with Crippen LogP contribution in [0.5, 0.6) is 0 Å². The number of carbonyl (C=O) groups excluding carboxylic acids is 2. The molecule has 0 spiro atoms. The van der Waals surface area contributed by atoms with Gasteiger partial charge in [-0.25, -0.2) is 8.42 Å². The maximum Gasteiger partial charge on any atom is 0.340 e. The zero-order valence-corrected chi connectivity index (χ0v) is 27.3. The van der Waals surface area contributed by atoms with Crippen molar-refractivity contribution in [3.05, 3.63) is 63.8 Å². The van der Waals surface area contributed by atoms with Crippen molar-refractivity contribution in [1.82, 2.24) is 5.16 Å². The molecule has 1 saturated heterocycles. The Morgan fingerprint density at radius 2 is 1.82 bits per heavy atom. The van der Waals surface area contributed by atoms with Crippen LogP contribution in [0.25, 0.3) is 11.3 Å². The monoisotopic (exact) mass is 675 g/mol. The van der Waals surface area contributed by atoms with Gasteiger partial charge < -0.3 is 24.2 Å². The Hall–Kier alpha value is -3.12. The number of nitrogens with zero attached hydrogens (tertiary/aromatic N) is 2. The summed E-state index contributed by atoms with van der Waals surface area (Å²) in [7, 11) is -4.07. The standard InChI is InChI=1S/C32H35Cl2N3O7S/c1-18(43-19(2)38)12-13-45(40,41)32(39)35-22-8-10-23(11-9-22)37-16-21-14-24(37)15-28(21)42-17-25-30(36-44-31(25)20-6-7-20)29-26(33)4-3-5-27(29)34/h3-5,8-11,18,20-21,24,28H,6-7,12-17H2,1-2H3,(H,35,39)/t18?,21-,24-,28+/m0/s1. The largest absolute Gasteiger partial charge is 0.463 e. The number of esters is 1. The molecule has 2 bridgehead atoms. The highest BCUT2D eigenvalue weighted by Crippen LogP contribution is 2.47. The molecule has 2 heterocycles. The Balaban J connectivity index is 1.05. The number of aromatic nitrogens is 1. The van der Waals surface area contributed by atoms with Crippen molar-refractivity contribution in [2.24, 2.45) is 5.92 Å². The highest BCUT2D eigenvalue weighted by atomic mass is 35.5. The molecular formula is C32H35Cl2N3O7S. The van der Waals surface area contributed by atoms with Crippen LogP contribution in [0.4, 0.5) is 16.2 Å². The average Bonchev–Trinajstić information content (AvgIpc) is 3.44. The van der Waals surface area contributed by atoms with Gasteiger partial charge in [0.05, 0.1) is 34.6 Å². The third kappa shape index (κ3) is 7.01. The van der Waals surface area contributed by atoms with Gasteiger partial charge >= 0.3 is 11.2 Å². The van der Waals surface area contributed by atoms with Gasteiger partial charge in [0.2, 0.25) is 9.84 Å². The summed E-state index contributed by atoms with van der Waals surface area (Å²) in [6.45, 7) is 4.04. The fourth-order valence-electron chi connectivity index (χ4n) is 6.35. The van der Waals surface area contributed by atoms with E-state index in [1.54, 1.807) is 37.3 Å². The molecule has 10 nitrogen and oxygen atoms in total. The van der Waals surface area contributed by atoms with Crippen LogP contribution in [0, 0.1) is 5.92 Å². The molecule has 240 valence electrons. The number of carbonyl (C=O) groups is 2. The van der Waals surface area contributed by atoms with Crippen LogP contribution in [-0.4, -0.2) is 55.3 Å². The number of fused-ring (bicyclic) bond motifs is 2. The van der Waals surface area contributed by atoms with Crippen LogP contribution in [-0.2, 0) is 30.7 Å². The van der Waals surface area contributed by atoms with E-state index >= 15 is 0 Å². The van der Waals surface area contributed by atoms with Crippen LogP contribution in [0.1, 0.15) is 63.2 Å². The fourth-order valence-corrected chi connectivity index (χ4v) is 8.03. The normalized spacial score (nSPS) is 21.6. The molecule has 1 aliphatic heterocycles. The number of hydrogen-bond acceptors (Lipinski definition) is 9. The average molecular weight is 677 g/mol. The Kier molecular flexibility index (Phi) is 9.16. The fraction of sp³-hybridized carbons (Fsp3) is 0.469. The number of halogens is 2. The first kappa shape index (κ1) is 31.8. The van der Waals surface area contributed by atoms with E-state index in [1.165, 1.54) is 6.92 Å². The molecule has 1 aromatic heterocycles. The number of hydrogen-bond donors (Lipinski definition) is 1. The lowest BCUT2D eigenvalue weighted by Crippen LogP contribution is -2.38. The Labute approximate surface area is 272 Å². The zero-order valence-electron chi connectivity index (χ0n) is 25.0. The molecule has 45 heavy (non-hydrogen) atoms. The number of piperidine rings is 1. The predicted octanol–water partition coefficient (Wildman–Crippen LogP) is 7.00. The summed E-state index contributed by atoms with van der Waals surface area (Å²) in [4.78, 5) is 25.8. The Morgan fingerprint density at radius 1 is 1.11 bits per heavy atom. The molecule has 1 unspecified atom stereocenters. The molecular weight excluding hydrogens is 641 g/mol. The molecule has 2 aliphatic carbocycles. The topological polar surface area (TPSA) is 128 Å². The zero-order chi connectivity index (χ0) is 31.9. The van der Waals surface area contributed by atoms with Crippen molar-refractivity contribution in [3.8, 4) is 11.3 Å². The molecule has 2 aromatic carbocycles. The van der Waals surface area contributed by atoms with E-state index in [4.69, 9.17) is 37.2 Å². The van der Waals surface area contributed by atoms with Gasteiger partial charge in [0.15, 0.2) is 0 Å². The van der Waals surface area contributed by atoms with Crippen molar-refractivity contribution >= 4 is 55.6 Å². The number of sulfone groups is 1. The summed E-state index contributed by atoms with van der Waals surface area (Å²) in [5, 5.41) is 6.81. The minimum Gasteiger partial charge on any atom is -0.463 e. The van der Waals surface area contributed by atoms with E-state index in [-0.39, 0.29) is 12.5 Å². The molecule has 3 aromatic rings. The van der Waals surface area contributed by atoms with Crippen molar-refractivity contribution in [2.45, 2.75) is 76.7 Å². The minimum absolute atomic E-state index is 0.0357. The van der Waals surface area contributed by atoms with Gasteiger partial charge in [0.25, 0.3) is 0 Å². The van der Waals surface area contributed by atoms with E-state index in [0.29, 0.717) is 51.5 Å². The maximum atomic E-state index is 12.4. The molecule has 13 heteroatoms. The first-order chi connectivity index (χ1) is 21.5. The van der Waals surface area contributed by atoms with Crippen molar-refractivity contribution in [3.63, 3.8) is 0 Å². The summed E-state index contributed by atoms with van der Waals surface area (Å²) in [5.41, 5.74) is 3.63. The van der Waals surface area contributed by atoms with Crippen LogP contribution >= 0.6 is 23.2 Å². The lowest BCUT2D eigenvalue weighted by atomic mass is 10.0. The van der Waals surface area contributed by atoms with E-state index in [9.17, 15) is 18.0 Å². The van der Waals surface area contributed by atoms with Crippen molar-refractivity contribution in [2.75, 3.05) is 22.5 Å². The second-order valence-electron chi connectivity index (χ2n) is 12.1. The van der Waals surface area contributed by atoms with Gasteiger partial charge in [-0.1, -0.05) is 34.4 Å². The molecule has 6 rings (SSSR count). The molecule has 1 N–H and O–H groups in total. The van der Waals surface area contributed by atoms with E-state index < -0.39 is 32.9 Å². The molecule has 3 fully saturated rings. The molecule has 2 saturated carbocycles. The number of ether oxygens (including phenoxy) is 2. The van der Waals surface area contributed by atoms with Crippen LogP contribution in [0.2, 0.25) is 10.0 Å². The Bertz CT molecular complexity index is 1670. The predicted molar refractivity (Wildman–Crippen MR) is 171 cm³/mol. The highest BCUT2D eigenvalue weighted by Gasteiger charge is 2.46. The number of nitrogens with one attached hydrogen (secondary N) is 1. The number of amides is 1. The molecule has 3 aliphatic rings. The van der Waals surface area contributed by atoms with E-state index in [2.05, 4.69) is 15.4 Å². The lowest BCUT2D eigenvalue weighted by Gasteiger charge is -2.33. The van der Waals surface area contributed by atoms with Crippen LogP contribution in [0.15, 0.2) is 47.0 Å². The minimum atomic E-state index is -4.07. The Morgan fingerprint density at radius 3 is 2.44 bits per heavy atom. The van der Waals surface area contributed by atoms with Crippen molar-refractivity contribution < 1.29 is 32.0 Å². The summed E-state index contributed by atoms with van der Waals surface area (Å²) in [5.74, 6) is 0.653. The van der Waals surface area contributed by atoms with Gasteiger partial charge in [0.1, 0.15) is 11.5 Å². The van der Waals surface area contributed by atoms with Gasteiger partial charge in [0, 0.05) is 53.8 Å². The van der Waals surface area contributed by atoms with E-state index in [1.807, 2.05) is 12.1 Å². The van der Waals surface area contributed by atoms with Gasteiger partial charge in [-0.3, -0.25) is 9.59 Å². The van der Waals surface area contributed by atoms with Crippen molar-refractivity contribution in [1.29, 1.82) is 0 Å². The van der Waals surface area contributed by atoms with Gasteiger partial charge in [-0.05, 0) is 75.4 Å². The second-order valence-corrected chi connectivity index (χ2v) is 14.9. The van der Waals surface area contributed by atoms with E-state index in [0.717, 1.165) is 49.2 Å². The SMILES string of the molecule is CC(=O)OC(C)CCS(=O)(=O)C(=O)Nc1ccc(N2C[C@@H]3C[C@H]2C[C@H]3OCc2c(-c3c(Cl)cccc3Cl)noc2C2CC2)cc1. The maximum absolute atomic E-state index is 12.4. The second kappa shape index (κ2) is 12.9. The van der Waals surface area contributed by atoms with Gasteiger partial charge in [-0.2, -0.15) is 0 Å². The smallest absolute Gasteiger partial charge is 0.340 e.